The summed E-state index contributed by atoms with van der Waals surface area (Å²) in [5.74, 6) is 0.424. The smallest absolute Gasteiger partial charge is 0.330 e. The molecule has 2 heterocycles. The normalized spacial score (nSPS) is 11.2. The predicted molar refractivity (Wildman–Crippen MR) is 82.1 cm³/mol. The Balaban J connectivity index is 2.33. The van der Waals surface area contributed by atoms with Crippen molar-refractivity contribution in [2.75, 3.05) is 0 Å². The van der Waals surface area contributed by atoms with Gasteiger partial charge >= 0.3 is 5.69 Å². The van der Waals surface area contributed by atoms with E-state index < -0.39 is 11.2 Å². The van der Waals surface area contributed by atoms with Gasteiger partial charge in [-0.15, -0.1) is 0 Å². The minimum absolute atomic E-state index is 0.238. The third kappa shape index (κ3) is 2.36. The third-order valence-corrected chi connectivity index (χ3v) is 3.52. The lowest BCUT2D eigenvalue weighted by Gasteiger charge is -2.00. The van der Waals surface area contributed by atoms with Gasteiger partial charge in [-0.2, -0.15) is 0 Å². The second kappa shape index (κ2) is 5.05. The van der Waals surface area contributed by atoms with Crippen molar-refractivity contribution in [1.82, 2.24) is 19.5 Å². The molecule has 0 fully saturated rings. The number of hydrogen-bond donors (Lipinski definition) is 2. The molecule has 0 saturated carbocycles. The molecule has 3 aromatic rings. The molecule has 2 N–H and O–H groups in total. The monoisotopic (exact) mass is 324 g/mol. The van der Waals surface area contributed by atoms with Crippen LogP contribution < -0.4 is 11.2 Å². The first kappa shape index (κ1) is 13.9. The molecule has 6 nitrogen and oxygen atoms in total. The van der Waals surface area contributed by atoms with E-state index >= 15 is 0 Å². The van der Waals surface area contributed by atoms with Gasteiger partial charge in [0.2, 0.25) is 0 Å². The second-order valence-electron chi connectivity index (χ2n) is 4.45. The van der Waals surface area contributed by atoms with Crippen molar-refractivity contribution in [2.24, 2.45) is 0 Å². The number of fused-ring (bicyclic) bond motifs is 1. The molecule has 0 unspecified atom stereocenters. The molecule has 1 aromatic carbocycles. The molecule has 0 bridgehead atoms. The number of hydrogen-bond acceptors (Lipinski definition) is 3. The predicted octanol–water partition coefficient (Wildman–Crippen LogP) is 2.41. The number of nitrogens with zero attached hydrogens (tertiary/aromatic N) is 2. The largest absolute Gasteiger partial charge is 0.332 e. The summed E-state index contributed by atoms with van der Waals surface area (Å²) in [5, 5.41) is 0.916. The highest BCUT2D eigenvalue weighted by molar-refractivity contribution is 6.35. The van der Waals surface area contributed by atoms with Crippen LogP contribution in [-0.4, -0.2) is 19.5 Å². The summed E-state index contributed by atoms with van der Waals surface area (Å²) in [4.78, 5) is 33.1. The topological polar surface area (TPSA) is 83.5 Å². The van der Waals surface area contributed by atoms with Crippen molar-refractivity contribution in [2.45, 2.75) is 13.5 Å². The summed E-state index contributed by atoms with van der Waals surface area (Å²) in [6, 6.07) is 4.95. The van der Waals surface area contributed by atoms with Crippen LogP contribution in [0.5, 0.6) is 0 Å². The Morgan fingerprint density at radius 2 is 1.81 bits per heavy atom. The lowest BCUT2D eigenvalue weighted by molar-refractivity contribution is 0.720. The Kier molecular flexibility index (Phi) is 3.35. The Morgan fingerprint density at radius 3 is 2.43 bits per heavy atom. The third-order valence-electron chi connectivity index (χ3n) is 3.09. The fourth-order valence-corrected chi connectivity index (χ4v) is 2.69. The van der Waals surface area contributed by atoms with E-state index in [4.69, 9.17) is 23.2 Å². The van der Waals surface area contributed by atoms with Gasteiger partial charge in [-0.3, -0.25) is 14.3 Å². The van der Waals surface area contributed by atoms with Crippen molar-refractivity contribution < 1.29 is 0 Å². The van der Waals surface area contributed by atoms with Crippen LogP contribution >= 0.6 is 23.2 Å². The zero-order valence-corrected chi connectivity index (χ0v) is 12.4. The van der Waals surface area contributed by atoms with E-state index in [0.29, 0.717) is 33.6 Å². The highest BCUT2D eigenvalue weighted by Crippen LogP contribution is 2.26. The molecule has 8 heteroatoms. The molecule has 0 aliphatic carbocycles. The number of H-pyrrole nitrogens is 2. The molecule has 0 aliphatic heterocycles. The fourth-order valence-electron chi connectivity index (χ4n) is 2.16. The summed E-state index contributed by atoms with van der Waals surface area (Å²) in [5.41, 5.74) is 0.182. The van der Waals surface area contributed by atoms with Crippen LogP contribution in [0.1, 0.15) is 6.92 Å². The molecular weight excluding hydrogens is 315 g/mol. The van der Waals surface area contributed by atoms with Crippen molar-refractivity contribution in [3.8, 4) is 11.4 Å². The molecule has 21 heavy (non-hydrogen) atoms. The van der Waals surface area contributed by atoms with Gasteiger partial charge < -0.3 is 4.98 Å². The molecule has 3 rings (SSSR count). The molecule has 0 atom stereocenters. The van der Waals surface area contributed by atoms with E-state index in [-0.39, 0.29) is 5.52 Å². The van der Waals surface area contributed by atoms with E-state index in [1.54, 1.807) is 25.1 Å². The minimum atomic E-state index is -0.508. The zero-order chi connectivity index (χ0) is 15.1. The number of rotatable bonds is 2. The maximum atomic E-state index is 11.9. The molecule has 0 spiro atoms. The van der Waals surface area contributed by atoms with E-state index in [0.717, 1.165) is 0 Å². The minimum Gasteiger partial charge on any atom is -0.332 e. The number of nitrogens with one attached hydrogen (secondary N) is 2. The Bertz CT molecular complexity index is 935. The standard InChI is InChI=1S/C13H10Cl2N4O2/c1-2-19-11-9(12(20)18-13(19)21)16-10(17-11)6-3-7(14)5-8(15)4-6/h3-5H,2H2,1H3,(H,16,17)(H,18,20,21). The number of aryl methyl sites for hydroxylation is 1. The average molecular weight is 325 g/mol. The summed E-state index contributed by atoms with van der Waals surface area (Å²) in [6.45, 7) is 2.19. The number of benzene rings is 1. The van der Waals surface area contributed by atoms with Gasteiger partial charge in [0.1, 0.15) is 11.3 Å². The molecule has 108 valence electrons. The maximum Gasteiger partial charge on any atom is 0.330 e. The second-order valence-corrected chi connectivity index (χ2v) is 5.32. The van der Waals surface area contributed by atoms with Gasteiger partial charge in [-0.25, -0.2) is 9.78 Å². The first-order chi connectivity index (χ1) is 9.99. The van der Waals surface area contributed by atoms with E-state index in [2.05, 4.69) is 15.0 Å². The van der Waals surface area contributed by atoms with E-state index in [1.807, 2.05) is 0 Å². The quantitative estimate of drug-likeness (QED) is 0.759. The van der Waals surface area contributed by atoms with Gasteiger partial charge in [-0.1, -0.05) is 23.2 Å². The molecule has 0 aliphatic rings. The summed E-state index contributed by atoms with van der Waals surface area (Å²) >= 11 is 11.9. The zero-order valence-electron chi connectivity index (χ0n) is 10.9. The Hall–Kier alpha value is -2.05. The molecule has 2 aromatic heterocycles. The number of aromatic amines is 2. The van der Waals surface area contributed by atoms with Crippen LogP contribution in [0, 0.1) is 0 Å². The van der Waals surface area contributed by atoms with Crippen molar-refractivity contribution in [1.29, 1.82) is 0 Å². The first-order valence-corrected chi connectivity index (χ1v) is 6.94. The lowest BCUT2D eigenvalue weighted by Crippen LogP contribution is -2.29. The first-order valence-electron chi connectivity index (χ1n) is 6.19. The van der Waals surface area contributed by atoms with Crippen LogP contribution in [0.25, 0.3) is 22.6 Å². The maximum absolute atomic E-state index is 11.9. The molecule has 0 radical (unpaired) electrons. The van der Waals surface area contributed by atoms with E-state index in [1.165, 1.54) is 4.57 Å². The Morgan fingerprint density at radius 1 is 1.14 bits per heavy atom. The number of imidazole rings is 1. The van der Waals surface area contributed by atoms with E-state index in [9.17, 15) is 9.59 Å². The van der Waals surface area contributed by atoms with Crippen LogP contribution in [0.15, 0.2) is 27.8 Å². The lowest BCUT2D eigenvalue weighted by atomic mass is 10.2. The van der Waals surface area contributed by atoms with Gasteiger partial charge in [0.25, 0.3) is 5.56 Å². The van der Waals surface area contributed by atoms with Gasteiger partial charge in [0.05, 0.1) is 0 Å². The van der Waals surface area contributed by atoms with Gasteiger partial charge in [-0.05, 0) is 25.1 Å². The van der Waals surface area contributed by atoms with Crippen LogP contribution in [0.4, 0.5) is 0 Å². The Labute approximate surface area is 128 Å². The summed E-state index contributed by atoms with van der Waals surface area (Å²) < 4.78 is 1.38. The SMILES string of the molecule is CCn1c(=O)[nH]c(=O)c2[nH]c(-c3cc(Cl)cc(Cl)c3)nc21. The molecule has 0 saturated heterocycles. The number of aromatic nitrogens is 4. The highest BCUT2D eigenvalue weighted by Gasteiger charge is 2.13. The van der Waals surface area contributed by atoms with Crippen LogP contribution in [-0.2, 0) is 6.54 Å². The van der Waals surface area contributed by atoms with Crippen molar-refractivity contribution in [3.63, 3.8) is 0 Å². The molecule has 0 amide bonds. The van der Waals surface area contributed by atoms with Gasteiger partial charge in [0, 0.05) is 22.2 Å². The highest BCUT2D eigenvalue weighted by atomic mass is 35.5. The van der Waals surface area contributed by atoms with Crippen molar-refractivity contribution >= 4 is 34.4 Å². The van der Waals surface area contributed by atoms with Crippen molar-refractivity contribution in [3.05, 3.63) is 49.1 Å². The molecular formula is C13H10Cl2N4O2. The average Bonchev–Trinajstić information content (AvgIpc) is 2.83. The summed E-state index contributed by atoms with van der Waals surface area (Å²) in [7, 11) is 0. The summed E-state index contributed by atoms with van der Waals surface area (Å²) in [6.07, 6.45) is 0. The van der Waals surface area contributed by atoms with Crippen LogP contribution in [0.2, 0.25) is 10.0 Å². The number of halogens is 2. The van der Waals surface area contributed by atoms with Crippen LogP contribution in [0.3, 0.4) is 0 Å². The van der Waals surface area contributed by atoms with Gasteiger partial charge in [0.15, 0.2) is 5.65 Å². The fraction of sp³-hybridized carbons (Fsp3) is 0.154.